The second-order valence-electron chi connectivity index (χ2n) is 6.20. The van der Waals surface area contributed by atoms with Crippen LogP contribution in [-0.2, 0) is 14.8 Å². The average molecular weight is 302 g/mol. The number of hydrogen-bond donors (Lipinski definition) is 1. The molecule has 2 atom stereocenters. The molecule has 1 saturated carbocycles. The number of nitrogens with zero attached hydrogens (tertiary/aromatic N) is 1. The SMILES string of the molecule is CCS(=O)(=O)N1CCC(C(=O)NC2CCC(C)C2)CC1. The summed E-state index contributed by atoms with van der Waals surface area (Å²) in [5, 5.41) is 3.14. The zero-order valence-corrected chi connectivity index (χ0v) is 13.3. The van der Waals surface area contributed by atoms with Gasteiger partial charge in [0.05, 0.1) is 5.75 Å². The molecule has 1 heterocycles. The van der Waals surface area contributed by atoms with Crippen LogP contribution in [0.4, 0.5) is 0 Å². The Balaban J connectivity index is 1.80. The first-order valence-corrected chi connectivity index (χ1v) is 9.31. The fourth-order valence-electron chi connectivity index (χ4n) is 3.24. The molecule has 0 radical (unpaired) electrons. The van der Waals surface area contributed by atoms with Crippen molar-refractivity contribution in [2.24, 2.45) is 11.8 Å². The molecule has 1 N–H and O–H groups in total. The van der Waals surface area contributed by atoms with E-state index in [2.05, 4.69) is 12.2 Å². The van der Waals surface area contributed by atoms with Crippen LogP contribution in [0.25, 0.3) is 0 Å². The summed E-state index contributed by atoms with van der Waals surface area (Å²) < 4.78 is 25.1. The molecule has 0 aromatic rings. The first kappa shape index (κ1) is 15.8. The highest BCUT2D eigenvalue weighted by Crippen LogP contribution is 2.26. The van der Waals surface area contributed by atoms with Crippen LogP contribution in [0, 0.1) is 11.8 Å². The number of piperidine rings is 1. The third-order valence-corrected chi connectivity index (χ3v) is 6.51. The number of rotatable bonds is 4. The molecule has 6 heteroatoms. The first-order valence-electron chi connectivity index (χ1n) is 7.70. The van der Waals surface area contributed by atoms with E-state index in [4.69, 9.17) is 0 Å². The van der Waals surface area contributed by atoms with Gasteiger partial charge in [0.1, 0.15) is 0 Å². The van der Waals surface area contributed by atoms with E-state index in [1.54, 1.807) is 6.92 Å². The second-order valence-corrected chi connectivity index (χ2v) is 8.46. The summed E-state index contributed by atoms with van der Waals surface area (Å²) in [6.45, 7) is 4.85. The van der Waals surface area contributed by atoms with Gasteiger partial charge in [0, 0.05) is 25.0 Å². The van der Waals surface area contributed by atoms with Crippen LogP contribution >= 0.6 is 0 Å². The molecule has 2 rings (SSSR count). The van der Waals surface area contributed by atoms with E-state index in [-0.39, 0.29) is 17.6 Å². The van der Waals surface area contributed by atoms with Crippen molar-refractivity contribution in [1.82, 2.24) is 9.62 Å². The van der Waals surface area contributed by atoms with Gasteiger partial charge < -0.3 is 5.32 Å². The van der Waals surface area contributed by atoms with Gasteiger partial charge in [-0.1, -0.05) is 6.92 Å². The monoisotopic (exact) mass is 302 g/mol. The lowest BCUT2D eigenvalue weighted by Crippen LogP contribution is -2.45. The van der Waals surface area contributed by atoms with Crippen molar-refractivity contribution in [3.05, 3.63) is 0 Å². The largest absolute Gasteiger partial charge is 0.353 e. The maximum absolute atomic E-state index is 12.2. The van der Waals surface area contributed by atoms with Gasteiger partial charge in [0.25, 0.3) is 0 Å². The van der Waals surface area contributed by atoms with Crippen LogP contribution < -0.4 is 5.32 Å². The molecular formula is C14H26N2O3S. The Kier molecular flexibility index (Phi) is 5.07. The Bertz CT molecular complexity index is 441. The third kappa shape index (κ3) is 3.73. The summed E-state index contributed by atoms with van der Waals surface area (Å²) in [7, 11) is -3.10. The molecule has 2 unspecified atom stereocenters. The average Bonchev–Trinajstić information content (AvgIpc) is 2.84. The van der Waals surface area contributed by atoms with Gasteiger partial charge in [0.15, 0.2) is 0 Å². The Morgan fingerprint density at radius 3 is 2.35 bits per heavy atom. The highest BCUT2D eigenvalue weighted by atomic mass is 32.2. The Labute approximate surface area is 122 Å². The van der Waals surface area contributed by atoms with E-state index in [0.29, 0.717) is 37.9 Å². The molecule has 1 amide bonds. The van der Waals surface area contributed by atoms with Gasteiger partial charge in [-0.25, -0.2) is 12.7 Å². The minimum Gasteiger partial charge on any atom is -0.353 e. The zero-order chi connectivity index (χ0) is 14.8. The van der Waals surface area contributed by atoms with Crippen LogP contribution in [0.2, 0.25) is 0 Å². The van der Waals surface area contributed by atoms with Crippen molar-refractivity contribution < 1.29 is 13.2 Å². The zero-order valence-electron chi connectivity index (χ0n) is 12.5. The molecule has 0 bridgehead atoms. The highest BCUT2D eigenvalue weighted by molar-refractivity contribution is 7.89. The van der Waals surface area contributed by atoms with E-state index < -0.39 is 10.0 Å². The van der Waals surface area contributed by atoms with Gasteiger partial charge in [-0.2, -0.15) is 0 Å². The lowest BCUT2D eigenvalue weighted by molar-refractivity contribution is -0.126. The molecule has 1 aliphatic carbocycles. The quantitative estimate of drug-likeness (QED) is 0.852. The lowest BCUT2D eigenvalue weighted by atomic mass is 9.96. The van der Waals surface area contributed by atoms with Crippen LogP contribution in [-0.4, -0.2) is 43.5 Å². The summed E-state index contributed by atoms with van der Waals surface area (Å²) in [6.07, 6.45) is 4.64. The molecule has 5 nitrogen and oxygen atoms in total. The van der Waals surface area contributed by atoms with Crippen molar-refractivity contribution in [3.63, 3.8) is 0 Å². The molecule has 2 fully saturated rings. The number of hydrogen-bond acceptors (Lipinski definition) is 3. The minimum absolute atomic E-state index is 0.0192. The van der Waals surface area contributed by atoms with Gasteiger partial charge in [-0.15, -0.1) is 0 Å². The van der Waals surface area contributed by atoms with Crippen molar-refractivity contribution in [1.29, 1.82) is 0 Å². The molecule has 116 valence electrons. The number of amides is 1. The minimum atomic E-state index is -3.10. The topological polar surface area (TPSA) is 66.5 Å². The van der Waals surface area contributed by atoms with Gasteiger partial charge in [-0.05, 0) is 44.9 Å². The van der Waals surface area contributed by atoms with Crippen molar-refractivity contribution >= 4 is 15.9 Å². The van der Waals surface area contributed by atoms with Crippen LogP contribution in [0.15, 0.2) is 0 Å². The first-order chi connectivity index (χ1) is 9.42. The van der Waals surface area contributed by atoms with Crippen molar-refractivity contribution in [2.45, 2.75) is 52.0 Å². The molecule has 1 saturated heterocycles. The molecule has 0 spiro atoms. The number of sulfonamides is 1. The van der Waals surface area contributed by atoms with Gasteiger partial charge in [0.2, 0.25) is 15.9 Å². The Morgan fingerprint density at radius 1 is 1.20 bits per heavy atom. The Hall–Kier alpha value is -0.620. The maximum atomic E-state index is 12.2. The molecule has 20 heavy (non-hydrogen) atoms. The normalized spacial score (nSPS) is 29.5. The van der Waals surface area contributed by atoms with E-state index >= 15 is 0 Å². The standard InChI is InChI=1S/C14H26N2O3S/c1-3-20(18,19)16-8-6-12(7-9-16)14(17)15-13-5-4-11(2)10-13/h11-13H,3-10H2,1-2H3,(H,15,17). The number of carbonyl (C=O) groups excluding carboxylic acids is 1. The van der Waals surface area contributed by atoms with Crippen LogP contribution in [0.5, 0.6) is 0 Å². The van der Waals surface area contributed by atoms with Crippen molar-refractivity contribution in [3.8, 4) is 0 Å². The highest BCUT2D eigenvalue weighted by Gasteiger charge is 2.31. The third-order valence-electron chi connectivity index (χ3n) is 4.62. The fourth-order valence-corrected chi connectivity index (χ4v) is 4.37. The summed E-state index contributed by atoms with van der Waals surface area (Å²) >= 11 is 0. The summed E-state index contributed by atoms with van der Waals surface area (Å²) in [4.78, 5) is 12.2. The van der Waals surface area contributed by atoms with E-state index in [9.17, 15) is 13.2 Å². The smallest absolute Gasteiger partial charge is 0.223 e. The van der Waals surface area contributed by atoms with E-state index in [0.717, 1.165) is 12.8 Å². The number of carbonyl (C=O) groups is 1. The Morgan fingerprint density at radius 2 is 1.85 bits per heavy atom. The van der Waals surface area contributed by atoms with Crippen LogP contribution in [0.1, 0.15) is 46.0 Å². The predicted molar refractivity (Wildman–Crippen MR) is 78.7 cm³/mol. The fraction of sp³-hybridized carbons (Fsp3) is 0.929. The molecule has 0 aromatic carbocycles. The van der Waals surface area contributed by atoms with Crippen LogP contribution in [0.3, 0.4) is 0 Å². The second kappa shape index (κ2) is 6.43. The van der Waals surface area contributed by atoms with E-state index in [1.807, 2.05) is 0 Å². The lowest BCUT2D eigenvalue weighted by Gasteiger charge is -2.30. The van der Waals surface area contributed by atoms with Gasteiger partial charge in [-0.3, -0.25) is 4.79 Å². The number of nitrogens with one attached hydrogen (secondary N) is 1. The molecular weight excluding hydrogens is 276 g/mol. The molecule has 1 aliphatic heterocycles. The molecule has 2 aliphatic rings. The summed E-state index contributed by atoms with van der Waals surface area (Å²) in [5.41, 5.74) is 0. The maximum Gasteiger partial charge on any atom is 0.223 e. The van der Waals surface area contributed by atoms with Gasteiger partial charge >= 0.3 is 0 Å². The predicted octanol–water partition coefficient (Wildman–Crippen LogP) is 1.35. The summed E-state index contributed by atoms with van der Waals surface area (Å²) in [6, 6.07) is 0.329. The van der Waals surface area contributed by atoms with Crippen molar-refractivity contribution in [2.75, 3.05) is 18.8 Å². The van der Waals surface area contributed by atoms with E-state index in [1.165, 1.54) is 10.7 Å². The summed E-state index contributed by atoms with van der Waals surface area (Å²) in [5.74, 6) is 0.952. The molecule has 0 aromatic heterocycles.